The third kappa shape index (κ3) is 1.34. The molecule has 0 aliphatic carbocycles. The largest absolute Gasteiger partial charge is 0.490 e. The Bertz CT molecular complexity index is 319. The molecule has 0 unspecified atom stereocenters. The van der Waals surface area contributed by atoms with Gasteiger partial charge in [0.2, 0.25) is 5.95 Å². The molecule has 6 heteroatoms. The first-order chi connectivity index (χ1) is 5.57. The minimum Gasteiger partial charge on any atom is -0.490 e. The van der Waals surface area contributed by atoms with Crippen LogP contribution in [0.15, 0.2) is 4.47 Å². The zero-order valence-electron chi connectivity index (χ0n) is 6.07. The predicted octanol–water partition coefficient (Wildman–Crippen LogP) is 1.71. The number of nitrogen functional groups attached to an aromatic ring is 1. The van der Waals surface area contributed by atoms with E-state index in [9.17, 15) is 8.78 Å². The van der Waals surface area contributed by atoms with Gasteiger partial charge in [-0.3, -0.25) is 0 Å². The molecular formula is C6H5BrF2N2O. The lowest BCUT2D eigenvalue weighted by molar-refractivity contribution is 0.380. The highest BCUT2D eigenvalue weighted by molar-refractivity contribution is 9.10. The van der Waals surface area contributed by atoms with Crippen LogP contribution >= 0.6 is 15.9 Å². The number of ether oxygens (including phenoxy) is 1. The zero-order valence-corrected chi connectivity index (χ0v) is 7.65. The fourth-order valence-corrected chi connectivity index (χ4v) is 0.971. The number of anilines is 1. The summed E-state index contributed by atoms with van der Waals surface area (Å²) in [5.74, 6) is -2.45. The highest BCUT2D eigenvalue weighted by Gasteiger charge is 2.16. The lowest BCUT2D eigenvalue weighted by Crippen LogP contribution is -2.02. The molecule has 12 heavy (non-hydrogen) atoms. The molecule has 0 radical (unpaired) electrons. The molecule has 2 N–H and O–H groups in total. The van der Waals surface area contributed by atoms with E-state index in [1.807, 2.05) is 0 Å². The Kier molecular flexibility index (Phi) is 2.46. The normalized spacial score (nSPS) is 10.0. The van der Waals surface area contributed by atoms with Gasteiger partial charge in [-0.1, -0.05) is 0 Å². The van der Waals surface area contributed by atoms with E-state index in [0.717, 1.165) is 0 Å². The summed E-state index contributed by atoms with van der Waals surface area (Å²) < 4.78 is 29.8. The van der Waals surface area contributed by atoms with Crippen molar-refractivity contribution in [3.63, 3.8) is 0 Å². The molecule has 0 aliphatic rings. The van der Waals surface area contributed by atoms with Crippen LogP contribution in [0, 0.1) is 11.8 Å². The molecular weight excluding hydrogens is 234 g/mol. The molecule has 0 amide bonds. The van der Waals surface area contributed by atoms with Gasteiger partial charge in [0, 0.05) is 0 Å². The summed E-state index contributed by atoms with van der Waals surface area (Å²) in [4.78, 5) is 3.20. The summed E-state index contributed by atoms with van der Waals surface area (Å²) in [5, 5.41) is 0. The third-order valence-corrected chi connectivity index (χ3v) is 1.90. The van der Waals surface area contributed by atoms with Crippen molar-refractivity contribution in [2.24, 2.45) is 0 Å². The summed E-state index contributed by atoms with van der Waals surface area (Å²) in [6.07, 6.45) is 0. The second-order valence-electron chi connectivity index (χ2n) is 1.95. The predicted molar refractivity (Wildman–Crippen MR) is 42.8 cm³/mol. The number of pyridine rings is 1. The van der Waals surface area contributed by atoms with Crippen LogP contribution in [0.1, 0.15) is 0 Å². The second-order valence-corrected chi connectivity index (χ2v) is 2.74. The number of nitrogens with zero attached hydrogens (tertiary/aromatic N) is 1. The summed E-state index contributed by atoms with van der Waals surface area (Å²) in [5.41, 5.74) is 5.16. The van der Waals surface area contributed by atoms with Crippen LogP contribution in [0.4, 0.5) is 14.6 Å². The van der Waals surface area contributed by atoms with E-state index < -0.39 is 11.8 Å². The van der Waals surface area contributed by atoms with Crippen LogP contribution in [0.2, 0.25) is 0 Å². The standard InChI is InChI=1S/C6H5BrF2N2O/c1-12-4-3(8)2(7)5(9)11-6(4)10/h1H3,(H2,10,11). The van der Waals surface area contributed by atoms with E-state index in [2.05, 4.69) is 25.7 Å². The van der Waals surface area contributed by atoms with Gasteiger partial charge in [-0.05, 0) is 15.9 Å². The number of methoxy groups -OCH3 is 1. The number of hydrogen-bond donors (Lipinski definition) is 1. The Balaban J connectivity index is 3.40. The molecule has 0 saturated carbocycles. The lowest BCUT2D eigenvalue weighted by Gasteiger charge is -2.05. The Labute approximate surface area is 75.7 Å². The van der Waals surface area contributed by atoms with Gasteiger partial charge < -0.3 is 10.5 Å². The fourth-order valence-electron chi connectivity index (χ4n) is 0.702. The van der Waals surface area contributed by atoms with Crippen LogP contribution in [0.3, 0.4) is 0 Å². The van der Waals surface area contributed by atoms with Crippen molar-refractivity contribution in [1.29, 1.82) is 0 Å². The summed E-state index contributed by atoms with van der Waals surface area (Å²) in [6, 6.07) is 0. The minimum atomic E-state index is -0.995. The van der Waals surface area contributed by atoms with E-state index in [1.165, 1.54) is 7.11 Å². The molecule has 1 aromatic heterocycles. The lowest BCUT2D eigenvalue weighted by atomic mass is 10.4. The first-order valence-electron chi connectivity index (χ1n) is 2.92. The van der Waals surface area contributed by atoms with Crippen molar-refractivity contribution < 1.29 is 13.5 Å². The van der Waals surface area contributed by atoms with Crippen LogP contribution in [0.5, 0.6) is 5.75 Å². The van der Waals surface area contributed by atoms with Gasteiger partial charge in [0.25, 0.3) is 0 Å². The molecule has 1 heterocycles. The fraction of sp³-hybridized carbons (Fsp3) is 0.167. The third-order valence-electron chi connectivity index (χ3n) is 1.23. The van der Waals surface area contributed by atoms with Crippen molar-refractivity contribution in [1.82, 2.24) is 4.98 Å². The van der Waals surface area contributed by atoms with Crippen molar-refractivity contribution >= 4 is 21.7 Å². The van der Waals surface area contributed by atoms with E-state index in [-0.39, 0.29) is 16.0 Å². The quantitative estimate of drug-likeness (QED) is 0.759. The van der Waals surface area contributed by atoms with Gasteiger partial charge in [-0.15, -0.1) is 0 Å². The van der Waals surface area contributed by atoms with Crippen molar-refractivity contribution in [2.45, 2.75) is 0 Å². The maximum Gasteiger partial charge on any atom is 0.232 e. The van der Waals surface area contributed by atoms with Crippen molar-refractivity contribution in [3.8, 4) is 5.75 Å². The van der Waals surface area contributed by atoms with Crippen LogP contribution in [-0.4, -0.2) is 12.1 Å². The van der Waals surface area contributed by atoms with Crippen LogP contribution < -0.4 is 10.5 Å². The summed E-state index contributed by atoms with van der Waals surface area (Å²) >= 11 is 2.66. The average molecular weight is 239 g/mol. The monoisotopic (exact) mass is 238 g/mol. The van der Waals surface area contributed by atoms with Gasteiger partial charge in [-0.2, -0.15) is 9.37 Å². The molecule has 0 fully saturated rings. The molecule has 0 aliphatic heterocycles. The second kappa shape index (κ2) is 3.22. The topological polar surface area (TPSA) is 48.1 Å². The van der Waals surface area contributed by atoms with Gasteiger partial charge in [0.1, 0.15) is 4.47 Å². The van der Waals surface area contributed by atoms with Gasteiger partial charge in [0.05, 0.1) is 7.11 Å². The first-order valence-corrected chi connectivity index (χ1v) is 3.71. The zero-order chi connectivity index (χ0) is 9.30. The molecule has 0 saturated heterocycles. The maximum atomic E-state index is 13.0. The summed E-state index contributed by atoms with van der Waals surface area (Å²) in [7, 11) is 1.22. The molecule has 1 aromatic rings. The molecule has 0 bridgehead atoms. The Morgan fingerprint density at radius 1 is 1.50 bits per heavy atom. The van der Waals surface area contributed by atoms with E-state index >= 15 is 0 Å². The first kappa shape index (κ1) is 9.18. The molecule has 0 spiro atoms. The molecule has 1 rings (SSSR count). The maximum absolute atomic E-state index is 13.0. The number of nitrogens with two attached hydrogens (primary N) is 1. The SMILES string of the molecule is COc1c(N)nc(F)c(Br)c1F. The number of halogens is 3. The summed E-state index contributed by atoms with van der Waals surface area (Å²) in [6.45, 7) is 0. The number of hydrogen-bond acceptors (Lipinski definition) is 3. The van der Waals surface area contributed by atoms with Crippen LogP contribution in [0.25, 0.3) is 0 Å². The average Bonchev–Trinajstić information content (AvgIpc) is 2.01. The Morgan fingerprint density at radius 2 is 2.08 bits per heavy atom. The van der Waals surface area contributed by atoms with Gasteiger partial charge in [0.15, 0.2) is 17.4 Å². The van der Waals surface area contributed by atoms with Crippen molar-refractivity contribution in [2.75, 3.05) is 12.8 Å². The molecule has 0 aromatic carbocycles. The minimum absolute atomic E-state index is 0.261. The van der Waals surface area contributed by atoms with Gasteiger partial charge in [-0.25, -0.2) is 4.39 Å². The van der Waals surface area contributed by atoms with E-state index in [4.69, 9.17) is 5.73 Å². The smallest absolute Gasteiger partial charge is 0.232 e. The molecule has 66 valence electrons. The Morgan fingerprint density at radius 3 is 2.58 bits per heavy atom. The number of aromatic nitrogens is 1. The Hall–Kier alpha value is -0.910. The molecule has 3 nitrogen and oxygen atoms in total. The van der Waals surface area contributed by atoms with Crippen LogP contribution in [-0.2, 0) is 0 Å². The van der Waals surface area contributed by atoms with Crippen molar-refractivity contribution in [3.05, 3.63) is 16.2 Å². The highest BCUT2D eigenvalue weighted by atomic mass is 79.9. The van der Waals surface area contributed by atoms with E-state index in [0.29, 0.717) is 0 Å². The van der Waals surface area contributed by atoms with Gasteiger partial charge >= 0.3 is 0 Å². The number of rotatable bonds is 1. The van der Waals surface area contributed by atoms with E-state index in [1.54, 1.807) is 0 Å². The molecule has 0 atom stereocenters. The highest BCUT2D eigenvalue weighted by Crippen LogP contribution is 2.30.